The summed E-state index contributed by atoms with van der Waals surface area (Å²) in [4.78, 5) is 20.1. The van der Waals surface area contributed by atoms with Gasteiger partial charge in [0, 0.05) is 49.2 Å². The Morgan fingerprint density at radius 1 is 1.02 bits per heavy atom. The van der Waals surface area contributed by atoms with Crippen molar-refractivity contribution in [2.45, 2.75) is 44.7 Å². The van der Waals surface area contributed by atoms with Gasteiger partial charge in [0.2, 0.25) is 5.79 Å². The molecule has 4 aromatic rings. The van der Waals surface area contributed by atoms with Crippen LogP contribution in [0, 0.1) is 5.41 Å². The largest absolute Gasteiger partial charge is 0.491 e. The number of anilines is 3. The van der Waals surface area contributed by atoms with Crippen LogP contribution in [0.3, 0.4) is 0 Å². The van der Waals surface area contributed by atoms with Crippen molar-refractivity contribution in [3.8, 4) is 5.75 Å². The fraction of sp³-hybridized carbons (Fsp3) is 0.394. The molecular formula is C33H40N10O4. The minimum atomic E-state index is -1.08. The maximum absolute atomic E-state index is 12.6. The molecule has 4 heterocycles. The zero-order valence-corrected chi connectivity index (χ0v) is 26.6. The number of carbonyl (C=O) groups excluding carboxylic acids is 1. The number of urea groups is 1. The Hall–Kier alpha value is -5.08. The van der Waals surface area contributed by atoms with Crippen molar-refractivity contribution in [3.05, 3.63) is 84.9 Å². The molecule has 2 aliphatic heterocycles. The van der Waals surface area contributed by atoms with Crippen molar-refractivity contribution in [3.63, 3.8) is 0 Å². The van der Waals surface area contributed by atoms with E-state index in [0.29, 0.717) is 18.9 Å². The molecule has 2 N–H and O–H groups in total. The summed E-state index contributed by atoms with van der Waals surface area (Å²) in [6.07, 6.45) is 8.04. The number of amides is 2. The molecule has 3 atom stereocenters. The molecule has 2 fully saturated rings. The number of hydrogen-bond acceptors (Lipinski definition) is 11. The van der Waals surface area contributed by atoms with Crippen LogP contribution in [0.15, 0.2) is 79.4 Å². The van der Waals surface area contributed by atoms with E-state index in [9.17, 15) is 4.79 Å². The van der Waals surface area contributed by atoms with E-state index in [2.05, 4.69) is 47.6 Å². The second-order valence-corrected chi connectivity index (χ2v) is 11.5. The molecule has 0 spiro atoms. The first-order valence-corrected chi connectivity index (χ1v) is 15.8. The predicted molar refractivity (Wildman–Crippen MR) is 177 cm³/mol. The van der Waals surface area contributed by atoms with Gasteiger partial charge in [-0.25, -0.2) is 4.79 Å². The average Bonchev–Trinajstić information content (AvgIpc) is 3.79. The van der Waals surface area contributed by atoms with Crippen LogP contribution in [0.5, 0.6) is 5.75 Å². The number of nitrogens with one attached hydrogen (secondary N) is 2. The molecule has 47 heavy (non-hydrogen) atoms. The van der Waals surface area contributed by atoms with Crippen molar-refractivity contribution in [1.82, 2.24) is 30.5 Å². The summed E-state index contributed by atoms with van der Waals surface area (Å²) in [5.74, 6) is -0.327. The Morgan fingerprint density at radius 2 is 1.68 bits per heavy atom. The van der Waals surface area contributed by atoms with E-state index in [-0.39, 0.29) is 24.7 Å². The number of aromatic nitrogens is 5. The van der Waals surface area contributed by atoms with E-state index in [0.717, 1.165) is 61.6 Å². The Morgan fingerprint density at radius 3 is 2.28 bits per heavy atom. The molecule has 14 heteroatoms. The quantitative estimate of drug-likeness (QED) is 0.174. The molecule has 2 aromatic carbocycles. The minimum Gasteiger partial charge on any atom is -0.491 e. The Kier molecular flexibility index (Phi) is 9.88. The second kappa shape index (κ2) is 14.6. The first kappa shape index (κ1) is 31.9. The van der Waals surface area contributed by atoms with Crippen LogP contribution in [-0.4, -0.2) is 89.1 Å². The molecule has 3 unspecified atom stereocenters. The van der Waals surface area contributed by atoms with Gasteiger partial charge < -0.3 is 29.3 Å². The smallest absolute Gasteiger partial charge is 0.327 e. The van der Waals surface area contributed by atoms with Gasteiger partial charge in [-0.05, 0) is 67.9 Å². The highest BCUT2D eigenvalue weighted by molar-refractivity contribution is 6.06. The Bertz CT molecular complexity index is 1580. The number of hydrogen-bond donors (Lipinski definition) is 2. The molecule has 0 bridgehead atoms. The normalized spacial score (nSPS) is 20.1. The molecule has 2 aliphatic rings. The van der Waals surface area contributed by atoms with E-state index in [1.807, 2.05) is 56.3 Å². The molecule has 0 aliphatic carbocycles. The lowest BCUT2D eigenvalue weighted by Crippen LogP contribution is -2.46. The maximum Gasteiger partial charge on any atom is 0.327 e. The van der Waals surface area contributed by atoms with Crippen LogP contribution < -0.4 is 24.8 Å². The SMILES string of the molecule is CCC(C)NC(=O)N(C=N)c1ccc(N2CCN(c3ccc(OCC4COC(Cn5nccn5)(c5ccnnc5)O4)cc3)CC2)cc1. The van der Waals surface area contributed by atoms with Crippen molar-refractivity contribution < 1.29 is 19.0 Å². The summed E-state index contributed by atoms with van der Waals surface area (Å²) in [5, 5.41) is 26.9. The summed E-state index contributed by atoms with van der Waals surface area (Å²) in [7, 11) is 0. The van der Waals surface area contributed by atoms with Crippen molar-refractivity contribution >= 4 is 29.4 Å². The standard InChI is InChI=1S/C33H40N10O4/c1-3-25(2)39-32(44)42(24-34)29-6-4-27(5-7-29)40-16-18-41(19-17-40)28-8-10-30(11-9-28)45-21-31-22-46-33(47-31,23-43-37-14-15-38-43)26-12-13-35-36-20-26/h4-15,20,24-25,31,34H,3,16-19,21-23H2,1-2H3,(H,39,44). The third kappa shape index (κ3) is 7.50. The van der Waals surface area contributed by atoms with E-state index < -0.39 is 5.79 Å². The number of nitrogens with zero attached hydrogens (tertiary/aromatic N) is 8. The first-order valence-electron chi connectivity index (χ1n) is 15.8. The van der Waals surface area contributed by atoms with E-state index >= 15 is 0 Å². The highest BCUT2D eigenvalue weighted by Gasteiger charge is 2.45. The van der Waals surface area contributed by atoms with Crippen molar-refractivity contribution in [2.24, 2.45) is 0 Å². The molecule has 14 nitrogen and oxygen atoms in total. The summed E-state index contributed by atoms with van der Waals surface area (Å²) >= 11 is 0. The first-order chi connectivity index (χ1) is 23.0. The number of carbonyl (C=O) groups is 1. The minimum absolute atomic E-state index is 0.0421. The molecule has 2 saturated heterocycles. The molecular weight excluding hydrogens is 600 g/mol. The van der Waals surface area contributed by atoms with Crippen LogP contribution in [0.25, 0.3) is 0 Å². The zero-order chi connectivity index (χ0) is 32.6. The fourth-order valence-corrected chi connectivity index (χ4v) is 5.62. The number of rotatable bonds is 12. The van der Waals surface area contributed by atoms with E-state index in [4.69, 9.17) is 19.6 Å². The van der Waals surface area contributed by atoms with Gasteiger partial charge in [-0.3, -0.25) is 10.3 Å². The van der Waals surface area contributed by atoms with Crippen molar-refractivity contribution in [1.29, 1.82) is 5.41 Å². The predicted octanol–water partition coefficient (Wildman–Crippen LogP) is 3.66. The van der Waals surface area contributed by atoms with Crippen LogP contribution >= 0.6 is 0 Å². The van der Waals surface area contributed by atoms with Gasteiger partial charge in [0.05, 0.1) is 43.4 Å². The monoisotopic (exact) mass is 640 g/mol. The van der Waals surface area contributed by atoms with Gasteiger partial charge in [0.25, 0.3) is 0 Å². The molecule has 246 valence electrons. The Balaban J connectivity index is 0.991. The summed E-state index contributed by atoms with van der Waals surface area (Å²) in [5.41, 5.74) is 3.63. The fourth-order valence-electron chi connectivity index (χ4n) is 5.62. The van der Waals surface area contributed by atoms with Crippen LogP contribution in [0.2, 0.25) is 0 Å². The van der Waals surface area contributed by atoms with Crippen LogP contribution in [-0.2, 0) is 21.8 Å². The Labute approximate surface area is 273 Å². The summed E-state index contributed by atoms with van der Waals surface area (Å²) in [6.45, 7) is 8.38. The van der Waals surface area contributed by atoms with Crippen LogP contribution in [0.4, 0.5) is 21.9 Å². The van der Waals surface area contributed by atoms with Crippen LogP contribution in [0.1, 0.15) is 25.8 Å². The van der Waals surface area contributed by atoms with Gasteiger partial charge in [-0.2, -0.15) is 25.2 Å². The van der Waals surface area contributed by atoms with Gasteiger partial charge in [0.15, 0.2) is 0 Å². The maximum atomic E-state index is 12.6. The molecule has 2 aromatic heterocycles. The molecule has 2 amide bonds. The third-order valence-corrected chi connectivity index (χ3v) is 8.44. The highest BCUT2D eigenvalue weighted by atomic mass is 16.8. The van der Waals surface area contributed by atoms with E-state index in [1.54, 1.807) is 24.8 Å². The van der Waals surface area contributed by atoms with Crippen molar-refractivity contribution in [2.75, 3.05) is 54.1 Å². The number of piperazine rings is 1. The van der Waals surface area contributed by atoms with Gasteiger partial charge >= 0.3 is 6.03 Å². The van der Waals surface area contributed by atoms with Gasteiger partial charge in [0.1, 0.15) is 25.0 Å². The average molecular weight is 641 g/mol. The second-order valence-electron chi connectivity index (χ2n) is 11.5. The zero-order valence-electron chi connectivity index (χ0n) is 26.6. The van der Waals surface area contributed by atoms with E-state index in [1.165, 1.54) is 9.70 Å². The summed E-state index contributed by atoms with van der Waals surface area (Å²) < 4.78 is 18.7. The topological polar surface area (TPSA) is 147 Å². The molecule has 6 rings (SSSR count). The molecule has 0 radical (unpaired) electrons. The van der Waals surface area contributed by atoms with Gasteiger partial charge in [-0.1, -0.05) is 6.92 Å². The number of ether oxygens (including phenoxy) is 3. The highest BCUT2D eigenvalue weighted by Crippen LogP contribution is 2.35. The lowest BCUT2D eigenvalue weighted by Gasteiger charge is -2.37. The lowest BCUT2D eigenvalue weighted by atomic mass is 10.1. The number of benzene rings is 2. The lowest BCUT2D eigenvalue weighted by molar-refractivity contribution is -0.192. The van der Waals surface area contributed by atoms with Gasteiger partial charge in [-0.15, -0.1) is 0 Å². The third-order valence-electron chi connectivity index (χ3n) is 8.44. The summed E-state index contributed by atoms with van der Waals surface area (Å²) in [6, 6.07) is 17.5. The molecule has 0 saturated carbocycles.